The number of carbonyl (C=O) groups excluding carboxylic acids is 1. The van der Waals surface area contributed by atoms with Crippen LogP contribution in [0.4, 0.5) is 5.69 Å². The predicted octanol–water partition coefficient (Wildman–Crippen LogP) is 2.34. The third-order valence-electron chi connectivity index (χ3n) is 3.38. The van der Waals surface area contributed by atoms with Crippen LogP contribution in [0.2, 0.25) is 0 Å². The van der Waals surface area contributed by atoms with Crippen LogP contribution in [0.15, 0.2) is 30.3 Å². The van der Waals surface area contributed by atoms with E-state index in [0.717, 1.165) is 24.9 Å². The second kappa shape index (κ2) is 5.32. The van der Waals surface area contributed by atoms with Gasteiger partial charge in [-0.2, -0.15) is 0 Å². The number of benzene rings is 1. The van der Waals surface area contributed by atoms with E-state index in [-0.39, 0.29) is 18.1 Å². The van der Waals surface area contributed by atoms with E-state index >= 15 is 0 Å². The van der Waals surface area contributed by atoms with E-state index in [1.165, 1.54) is 0 Å². The smallest absolute Gasteiger partial charge is 0.227 e. The third kappa shape index (κ3) is 2.50. The van der Waals surface area contributed by atoms with Crippen molar-refractivity contribution in [2.75, 3.05) is 4.90 Å². The van der Waals surface area contributed by atoms with E-state index in [1.807, 2.05) is 37.3 Å². The molecule has 0 heterocycles. The van der Waals surface area contributed by atoms with Crippen LogP contribution in [-0.2, 0) is 4.79 Å². The first kappa shape index (κ1) is 12.1. The zero-order valence-electron chi connectivity index (χ0n) is 10.2. The molecule has 1 amide bonds. The Morgan fingerprint density at radius 1 is 1.35 bits per heavy atom. The molecule has 1 aromatic carbocycles. The maximum atomic E-state index is 12.1. The molecule has 1 fully saturated rings. The lowest BCUT2D eigenvalue weighted by Gasteiger charge is -2.31. The average Bonchev–Trinajstić information content (AvgIpc) is 2.77. The molecule has 0 radical (unpaired) electrons. The summed E-state index contributed by atoms with van der Waals surface area (Å²) >= 11 is 0. The fraction of sp³-hybridized carbons (Fsp3) is 0.500. The van der Waals surface area contributed by atoms with E-state index in [4.69, 9.17) is 0 Å². The van der Waals surface area contributed by atoms with Crippen molar-refractivity contribution in [2.45, 2.75) is 44.8 Å². The summed E-state index contributed by atoms with van der Waals surface area (Å²) in [4.78, 5) is 13.8. The molecule has 1 N–H and O–H groups in total. The highest BCUT2D eigenvalue weighted by molar-refractivity contribution is 5.93. The van der Waals surface area contributed by atoms with Crippen LogP contribution in [-0.4, -0.2) is 23.2 Å². The molecule has 3 nitrogen and oxygen atoms in total. The molecule has 2 rings (SSSR count). The van der Waals surface area contributed by atoms with Gasteiger partial charge in [0.25, 0.3) is 0 Å². The van der Waals surface area contributed by atoms with Crippen LogP contribution in [0.5, 0.6) is 0 Å². The lowest BCUT2D eigenvalue weighted by atomic mass is 10.1. The maximum Gasteiger partial charge on any atom is 0.227 e. The van der Waals surface area contributed by atoms with Crippen LogP contribution < -0.4 is 4.90 Å². The number of carbonyl (C=O) groups is 1. The average molecular weight is 233 g/mol. The lowest BCUT2D eigenvalue weighted by Crippen LogP contribution is -2.44. The summed E-state index contributed by atoms with van der Waals surface area (Å²) in [6.07, 6.45) is 2.77. The van der Waals surface area contributed by atoms with Gasteiger partial charge < -0.3 is 10.0 Å². The van der Waals surface area contributed by atoms with E-state index in [0.29, 0.717) is 6.42 Å². The molecule has 0 aliphatic heterocycles. The molecular weight excluding hydrogens is 214 g/mol. The molecule has 2 unspecified atom stereocenters. The Bertz CT molecular complexity index is 377. The summed E-state index contributed by atoms with van der Waals surface area (Å²) in [5, 5.41) is 9.97. The number of nitrogens with zero attached hydrogens (tertiary/aromatic N) is 1. The summed E-state index contributed by atoms with van der Waals surface area (Å²) < 4.78 is 0. The van der Waals surface area contributed by atoms with Crippen molar-refractivity contribution in [1.82, 2.24) is 0 Å². The number of anilines is 1. The molecule has 0 bridgehead atoms. The van der Waals surface area contributed by atoms with Gasteiger partial charge >= 0.3 is 0 Å². The van der Waals surface area contributed by atoms with Crippen LogP contribution in [0, 0.1) is 0 Å². The molecule has 0 aromatic heterocycles. The molecular formula is C14H19NO2. The van der Waals surface area contributed by atoms with Crippen LogP contribution in [0.3, 0.4) is 0 Å². The summed E-state index contributed by atoms with van der Waals surface area (Å²) in [5.41, 5.74) is 0.894. The second-order valence-corrected chi connectivity index (χ2v) is 4.52. The van der Waals surface area contributed by atoms with Gasteiger partial charge in [-0.15, -0.1) is 0 Å². The molecule has 1 aliphatic carbocycles. The monoisotopic (exact) mass is 233 g/mol. The SMILES string of the molecule is CCC(=O)N(c1ccccc1)C1CCCC1O. The summed E-state index contributed by atoms with van der Waals surface area (Å²) in [5.74, 6) is 0.0853. The van der Waals surface area contributed by atoms with E-state index < -0.39 is 0 Å². The fourth-order valence-corrected chi connectivity index (χ4v) is 2.50. The van der Waals surface area contributed by atoms with Crippen molar-refractivity contribution in [1.29, 1.82) is 0 Å². The van der Waals surface area contributed by atoms with Crippen molar-refractivity contribution in [3.8, 4) is 0 Å². The third-order valence-corrected chi connectivity index (χ3v) is 3.38. The molecule has 1 aromatic rings. The Morgan fingerprint density at radius 3 is 2.59 bits per heavy atom. The Hall–Kier alpha value is -1.35. The number of hydrogen-bond donors (Lipinski definition) is 1. The van der Waals surface area contributed by atoms with Crippen LogP contribution in [0.1, 0.15) is 32.6 Å². The van der Waals surface area contributed by atoms with E-state index in [9.17, 15) is 9.90 Å². The van der Waals surface area contributed by atoms with Gasteiger partial charge in [-0.3, -0.25) is 4.79 Å². The quantitative estimate of drug-likeness (QED) is 0.870. The molecule has 3 heteroatoms. The highest BCUT2D eigenvalue weighted by Gasteiger charge is 2.33. The largest absolute Gasteiger partial charge is 0.391 e. The molecule has 2 atom stereocenters. The number of rotatable bonds is 3. The Balaban J connectivity index is 2.28. The van der Waals surface area contributed by atoms with Crippen molar-refractivity contribution in [2.24, 2.45) is 0 Å². The van der Waals surface area contributed by atoms with Gasteiger partial charge in [0.1, 0.15) is 0 Å². The first-order valence-corrected chi connectivity index (χ1v) is 6.29. The summed E-state index contributed by atoms with van der Waals surface area (Å²) in [6.45, 7) is 1.86. The van der Waals surface area contributed by atoms with Gasteiger partial charge in [-0.05, 0) is 31.4 Å². The van der Waals surface area contributed by atoms with Crippen LogP contribution in [0.25, 0.3) is 0 Å². The van der Waals surface area contributed by atoms with Gasteiger partial charge in [0.05, 0.1) is 12.1 Å². The summed E-state index contributed by atoms with van der Waals surface area (Å²) in [7, 11) is 0. The van der Waals surface area contributed by atoms with Crippen molar-refractivity contribution < 1.29 is 9.90 Å². The second-order valence-electron chi connectivity index (χ2n) is 4.52. The van der Waals surface area contributed by atoms with Crippen molar-refractivity contribution >= 4 is 11.6 Å². The van der Waals surface area contributed by atoms with E-state index in [1.54, 1.807) is 4.90 Å². The zero-order chi connectivity index (χ0) is 12.3. The van der Waals surface area contributed by atoms with Gasteiger partial charge in [0, 0.05) is 12.1 Å². The minimum absolute atomic E-state index is 0.0511. The number of amides is 1. The van der Waals surface area contributed by atoms with Crippen LogP contribution >= 0.6 is 0 Å². The van der Waals surface area contributed by atoms with Gasteiger partial charge in [0.2, 0.25) is 5.91 Å². The number of aliphatic hydroxyl groups excluding tert-OH is 1. The summed E-state index contributed by atoms with van der Waals surface area (Å²) in [6, 6.07) is 9.59. The normalized spacial score (nSPS) is 23.6. The minimum Gasteiger partial charge on any atom is -0.391 e. The Kier molecular flexibility index (Phi) is 3.79. The standard InChI is InChI=1S/C14H19NO2/c1-2-14(17)15(11-7-4-3-5-8-11)12-9-6-10-13(12)16/h3-5,7-8,12-13,16H,2,6,9-10H2,1H3. The Morgan fingerprint density at radius 2 is 2.06 bits per heavy atom. The molecule has 0 spiro atoms. The number of aliphatic hydroxyl groups is 1. The molecule has 17 heavy (non-hydrogen) atoms. The van der Waals surface area contributed by atoms with Gasteiger partial charge in [0.15, 0.2) is 0 Å². The van der Waals surface area contributed by atoms with Crippen molar-refractivity contribution in [3.05, 3.63) is 30.3 Å². The van der Waals surface area contributed by atoms with Gasteiger partial charge in [-0.25, -0.2) is 0 Å². The highest BCUT2D eigenvalue weighted by Crippen LogP contribution is 2.29. The lowest BCUT2D eigenvalue weighted by molar-refractivity contribution is -0.119. The van der Waals surface area contributed by atoms with E-state index in [2.05, 4.69) is 0 Å². The Labute approximate surface area is 102 Å². The fourth-order valence-electron chi connectivity index (χ4n) is 2.50. The first-order valence-electron chi connectivity index (χ1n) is 6.29. The number of para-hydroxylation sites is 1. The predicted molar refractivity (Wildman–Crippen MR) is 67.9 cm³/mol. The highest BCUT2D eigenvalue weighted by atomic mass is 16.3. The zero-order valence-corrected chi connectivity index (χ0v) is 10.2. The topological polar surface area (TPSA) is 40.5 Å². The first-order chi connectivity index (χ1) is 8.24. The van der Waals surface area contributed by atoms with Crippen molar-refractivity contribution in [3.63, 3.8) is 0 Å². The minimum atomic E-state index is -0.384. The molecule has 1 saturated carbocycles. The maximum absolute atomic E-state index is 12.1. The number of hydrogen-bond acceptors (Lipinski definition) is 2. The molecule has 1 aliphatic rings. The van der Waals surface area contributed by atoms with Gasteiger partial charge in [-0.1, -0.05) is 25.1 Å². The molecule has 0 saturated heterocycles. The molecule has 92 valence electrons.